The van der Waals surface area contributed by atoms with E-state index >= 15 is 0 Å². The summed E-state index contributed by atoms with van der Waals surface area (Å²) in [6, 6.07) is 27.9. The molecule has 4 aromatic rings. The van der Waals surface area contributed by atoms with Crippen LogP contribution in [0.4, 0.5) is 0 Å². The van der Waals surface area contributed by atoms with E-state index in [1.54, 1.807) is 0 Å². The van der Waals surface area contributed by atoms with Gasteiger partial charge in [0, 0.05) is 17.5 Å². The van der Waals surface area contributed by atoms with Crippen molar-refractivity contribution < 1.29 is 4.57 Å². The minimum atomic E-state index is -0.256. The summed E-state index contributed by atoms with van der Waals surface area (Å²) in [7, 11) is 2.11. The number of hydrogen-bond acceptors (Lipinski definition) is 1. The molecule has 2 heteroatoms. The van der Waals surface area contributed by atoms with E-state index in [1.165, 1.54) is 44.6 Å². The second-order valence-corrected chi connectivity index (χ2v) is 8.92. The van der Waals surface area contributed by atoms with Gasteiger partial charge < -0.3 is 0 Å². The first kappa shape index (κ1) is 19.3. The van der Waals surface area contributed by atoms with E-state index in [2.05, 4.69) is 99.2 Å². The summed E-state index contributed by atoms with van der Waals surface area (Å²) in [4.78, 5) is 0. The van der Waals surface area contributed by atoms with Crippen molar-refractivity contribution in [1.29, 1.82) is 5.26 Å². The molecule has 0 unspecified atom stereocenters. The van der Waals surface area contributed by atoms with E-state index in [1.807, 2.05) is 18.2 Å². The molecular formula is C29H25N2+. The fourth-order valence-electron chi connectivity index (χ4n) is 5.21. The third-order valence-corrected chi connectivity index (χ3v) is 6.65. The van der Waals surface area contributed by atoms with Crippen LogP contribution in [0, 0.1) is 18.3 Å². The molecule has 1 heterocycles. The number of aromatic nitrogens is 1. The average molecular weight is 402 g/mol. The molecule has 2 nitrogen and oxygen atoms in total. The van der Waals surface area contributed by atoms with E-state index < -0.39 is 0 Å². The number of aryl methyl sites for hydroxylation is 2. The number of fused-ring (bicyclic) bond motifs is 3. The smallest absolute Gasteiger partial charge is 0.201 e. The highest BCUT2D eigenvalue weighted by molar-refractivity contribution is 5.90. The van der Waals surface area contributed by atoms with Gasteiger partial charge in [-0.05, 0) is 51.9 Å². The van der Waals surface area contributed by atoms with Crippen LogP contribution >= 0.6 is 0 Å². The number of nitriles is 1. The molecule has 0 aliphatic heterocycles. The number of rotatable bonds is 2. The maximum atomic E-state index is 9.81. The summed E-state index contributed by atoms with van der Waals surface area (Å²) >= 11 is 0. The van der Waals surface area contributed by atoms with Gasteiger partial charge in [0.1, 0.15) is 7.05 Å². The average Bonchev–Trinajstić information content (AvgIpc) is 3.02. The quantitative estimate of drug-likeness (QED) is 0.361. The van der Waals surface area contributed by atoms with Gasteiger partial charge in [0.15, 0.2) is 6.20 Å². The highest BCUT2D eigenvalue weighted by Gasteiger charge is 2.41. The number of hydrogen-bond donors (Lipinski definition) is 0. The van der Waals surface area contributed by atoms with Crippen molar-refractivity contribution in [2.45, 2.75) is 26.2 Å². The van der Waals surface area contributed by atoms with Crippen LogP contribution in [-0.4, -0.2) is 0 Å². The lowest BCUT2D eigenvalue weighted by Crippen LogP contribution is -2.32. The van der Waals surface area contributed by atoms with Gasteiger partial charge in [-0.15, -0.1) is 0 Å². The molecule has 1 aliphatic carbocycles. The van der Waals surface area contributed by atoms with Crippen LogP contribution in [-0.2, 0) is 12.5 Å². The lowest BCUT2D eigenvalue weighted by molar-refractivity contribution is -0.660. The van der Waals surface area contributed by atoms with Gasteiger partial charge in [0.05, 0.1) is 17.2 Å². The van der Waals surface area contributed by atoms with Crippen LogP contribution in [0.25, 0.3) is 33.5 Å². The molecule has 0 spiro atoms. The standard InChI is InChI=1S/C29H25N2/c1-19-13-14-24-23-12-8-11-22(18-30)27(23)29(2,3)28(24)26(19)25-17-21(15-16-31(25)4)20-9-6-5-7-10-20/h5-17H,1-4H3/q+1. The van der Waals surface area contributed by atoms with Crippen molar-refractivity contribution in [3.05, 3.63) is 101 Å². The molecule has 3 aromatic carbocycles. The van der Waals surface area contributed by atoms with Crippen LogP contribution < -0.4 is 4.57 Å². The lowest BCUT2D eigenvalue weighted by Gasteiger charge is -2.25. The van der Waals surface area contributed by atoms with Gasteiger partial charge in [-0.1, -0.05) is 68.4 Å². The first-order chi connectivity index (χ1) is 14.9. The van der Waals surface area contributed by atoms with E-state index in [9.17, 15) is 5.26 Å². The van der Waals surface area contributed by atoms with Crippen LogP contribution in [0.3, 0.4) is 0 Å². The Kier molecular flexibility index (Phi) is 4.31. The largest absolute Gasteiger partial charge is 0.213 e. The molecule has 0 atom stereocenters. The maximum absolute atomic E-state index is 9.81. The molecular weight excluding hydrogens is 376 g/mol. The highest BCUT2D eigenvalue weighted by atomic mass is 14.9. The van der Waals surface area contributed by atoms with E-state index in [0.29, 0.717) is 0 Å². The van der Waals surface area contributed by atoms with Gasteiger partial charge in [0.2, 0.25) is 5.69 Å². The summed E-state index contributed by atoms with van der Waals surface area (Å²) in [6.45, 7) is 6.69. The first-order valence-electron chi connectivity index (χ1n) is 10.7. The van der Waals surface area contributed by atoms with Crippen molar-refractivity contribution in [2.24, 2.45) is 7.05 Å². The van der Waals surface area contributed by atoms with Crippen molar-refractivity contribution in [1.82, 2.24) is 0 Å². The molecule has 0 radical (unpaired) electrons. The predicted octanol–water partition coefficient (Wildman–Crippen LogP) is 6.33. The van der Waals surface area contributed by atoms with Gasteiger partial charge >= 0.3 is 0 Å². The Morgan fingerprint density at radius 2 is 1.55 bits per heavy atom. The van der Waals surface area contributed by atoms with Crippen LogP contribution in [0.5, 0.6) is 0 Å². The van der Waals surface area contributed by atoms with E-state index in [4.69, 9.17) is 0 Å². The minimum absolute atomic E-state index is 0.256. The van der Waals surface area contributed by atoms with Crippen molar-refractivity contribution in [2.75, 3.05) is 0 Å². The summed E-state index contributed by atoms with van der Waals surface area (Å²) in [5.74, 6) is 0. The van der Waals surface area contributed by atoms with Gasteiger partial charge in [0.25, 0.3) is 0 Å². The number of nitrogens with zero attached hydrogens (tertiary/aromatic N) is 2. The Bertz CT molecular complexity index is 1370. The molecule has 150 valence electrons. The van der Waals surface area contributed by atoms with Crippen molar-refractivity contribution in [3.8, 4) is 39.6 Å². The van der Waals surface area contributed by atoms with Crippen molar-refractivity contribution in [3.63, 3.8) is 0 Å². The Hall–Kier alpha value is -3.70. The zero-order valence-electron chi connectivity index (χ0n) is 18.4. The topological polar surface area (TPSA) is 27.7 Å². The Labute approximate surface area is 184 Å². The highest BCUT2D eigenvalue weighted by Crippen LogP contribution is 2.53. The second kappa shape index (κ2) is 6.93. The van der Waals surface area contributed by atoms with Crippen molar-refractivity contribution >= 4 is 0 Å². The molecule has 0 saturated carbocycles. The number of pyridine rings is 1. The van der Waals surface area contributed by atoms with Gasteiger partial charge in [-0.2, -0.15) is 5.26 Å². The molecule has 0 bridgehead atoms. The number of benzene rings is 3. The van der Waals surface area contributed by atoms with Gasteiger partial charge in [-0.3, -0.25) is 0 Å². The zero-order valence-corrected chi connectivity index (χ0v) is 18.4. The molecule has 31 heavy (non-hydrogen) atoms. The Morgan fingerprint density at radius 3 is 2.29 bits per heavy atom. The fraction of sp³-hybridized carbons (Fsp3) is 0.172. The lowest BCUT2D eigenvalue weighted by atomic mass is 9.77. The van der Waals surface area contributed by atoms with E-state index in [-0.39, 0.29) is 5.41 Å². The minimum Gasteiger partial charge on any atom is -0.201 e. The third-order valence-electron chi connectivity index (χ3n) is 6.65. The Balaban J connectivity index is 1.82. The van der Waals surface area contributed by atoms with Crippen LogP contribution in [0.1, 0.15) is 36.1 Å². The molecule has 1 aromatic heterocycles. The summed E-state index contributed by atoms with van der Waals surface area (Å²) in [5, 5.41) is 9.81. The predicted molar refractivity (Wildman–Crippen MR) is 126 cm³/mol. The molecule has 0 N–H and O–H groups in total. The monoisotopic (exact) mass is 401 g/mol. The zero-order chi connectivity index (χ0) is 21.8. The second-order valence-electron chi connectivity index (χ2n) is 8.92. The summed E-state index contributed by atoms with van der Waals surface area (Å²) in [6.07, 6.45) is 2.15. The Morgan fingerprint density at radius 1 is 0.806 bits per heavy atom. The van der Waals surface area contributed by atoms with Gasteiger partial charge in [-0.25, -0.2) is 4.57 Å². The normalized spacial score (nSPS) is 13.4. The molecule has 1 aliphatic rings. The molecule has 0 saturated heterocycles. The maximum Gasteiger partial charge on any atom is 0.213 e. The fourth-order valence-corrected chi connectivity index (χ4v) is 5.21. The summed E-state index contributed by atoms with van der Waals surface area (Å²) < 4.78 is 2.21. The van der Waals surface area contributed by atoms with E-state index in [0.717, 1.165) is 11.1 Å². The van der Waals surface area contributed by atoms with Crippen LogP contribution in [0.15, 0.2) is 79.0 Å². The first-order valence-corrected chi connectivity index (χ1v) is 10.7. The SMILES string of the molecule is Cc1ccc2c(c1-c1cc(-c3ccccc3)cc[n+]1C)C(C)(C)c1c(C#N)cccc1-2. The molecule has 5 rings (SSSR count). The molecule has 0 amide bonds. The summed E-state index contributed by atoms with van der Waals surface area (Å²) in [5.41, 5.74) is 11.5. The third kappa shape index (κ3) is 2.81. The van der Waals surface area contributed by atoms with Crippen LogP contribution in [0.2, 0.25) is 0 Å². The molecule has 0 fully saturated rings.